The van der Waals surface area contributed by atoms with Gasteiger partial charge in [0, 0.05) is 24.7 Å². The topological polar surface area (TPSA) is 58.2 Å². The molecule has 0 saturated heterocycles. The Balaban J connectivity index is 1.63. The van der Waals surface area contributed by atoms with Crippen LogP contribution >= 0.6 is 0 Å². The molecular formula is C22H20N2O2. The highest BCUT2D eigenvalue weighted by atomic mass is 16.2. The lowest BCUT2D eigenvalue weighted by molar-refractivity contribution is -0.119. The Kier molecular flexibility index (Phi) is 5.44. The largest absolute Gasteiger partial charge is 0.352 e. The first-order valence-corrected chi connectivity index (χ1v) is 8.42. The van der Waals surface area contributed by atoms with Crippen LogP contribution < -0.4 is 10.6 Å². The normalized spacial score (nSPS) is 10.2. The van der Waals surface area contributed by atoms with E-state index in [9.17, 15) is 9.59 Å². The van der Waals surface area contributed by atoms with E-state index in [1.54, 1.807) is 12.1 Å². The number of carbonyl (C=O) groups is 2. The van der Waals surface area contributed by atoms with Gasteiger partial charge >= 0.3 is 0 Å². The highest BCUT2D eigenvalue weighted by molar-refractivity contribution is 6.04. The van der Waals surface area contributed by atoms with Crippen LogP contribution in [0, 0.1) is 0 Å². The van der Waals surface area contributed by atoms with Gasteiger partial charge in [-0.2, -0.15) is 0 Å². The summed E-state index contributed by atoms with van der Waals surface area (Å²) in [5.74, 6) is -0.241. The van der Waals surface area contributed by atoms with Crippen molar-refractivity contribution in [3.05, 3.63) is 90.0 Å². The van der Waals surface area contributed by atoms with E-state index < -0.39 is 0 Å². The highest BCUT2D eigenvalue weighted by Gasteiger charge is 2.06. The van der Waals surface area contributed by atoms with E-state index >= 15 is 0 Å². The third-order valence-corrected chi connectivity index (χ3v) is 4.01. The molecule has 0 saturated carbocycles. The molecule has 3 rings (SSSR count). The predicted octanol–water partition coefficient (Wildman–Crippen LogP) is 4.24. The number of carbonyl (C=O) groups excluding carboxylic acids is 2. The minimum absolute atomic E-state index is 0.0780. The third kappa shape index (κ3) is 4.57. The summed E-state index contributed by atoms with van der Waals surface area (Å²) in [5, 5.41) is 5.63. The van der Waals surface area contributed by atoms with Crippen LogP contribution in [0.1, 0.15) is 22.8 Å². The molecule has 2 N–H and O–H groups in total. The fourth-order valence-electron chi connectivity index (χ4n) is 2.58. The number of rotatable bonds is 5. The lowest BCUT2D eigenvalue weighted by Gasteiger charge is -2.08. The standard InChI is InChI=1S/C22H20N2O2/c1-16(25)23-15-17-7-9-20(10-8-17)22(26)24-21-13-11-19(12-14-21)18-5-3-2-4-6-18/h2-14H,15H2,1H3,(H,23,25)(H,24,26). The van der Waals surface area contributed by atoms with Crippen molar-refractivity contribution in [2.24, 2.45) is 0 Å². The van der Waals surface area contributed by atoms with Gasteiger partial charge in [0.15, 0.2) is 0 Å². The quantitative estimate of drug-likeness (QED) is 0.727. The molecule has 0 aliphatic rings. The minimum Gasteiger partial charge on any atom is -0.352 e. The summed E-state index contributed by atoms with van der Waals surface area (Å²) in [6.07, 6.45) is 0. The Labute approximate surface area is 152 Å². The Morgan fingerprint density at radius 2 is 1.38 bits per heavy atom. The van der Waals surface area contributed by atoms with Crippen molar-refractivity contribution in [2.75, 3.05) is 5.32 Å². The van der Waals surface area contributed by atoms with E-state index in [4.69, 9.17) is 0 Å². The molecule has 3 aromatic rings. The summed E-state index contributed by atoms with van der Waals surface area (Å²) in [4.78, 5) is 23.3. The van der Waals surface area contributed by atoms with Crippen molar-refractivity contribution in [3.8, 4) is 11.1 Å². The van der Waals surface area contributed by atoms with Gasteiger partial charge in [-0.3, -0.25) is 9.59 Å². The van der Waals surface area contributed by atoms with E-state index in [1.165, 1.54) is 6.92 Å². The fraction of sp³-hybridized carbons (Fsp3) is 0.0909. The lowest BCUT2D eigenvalue weighted by atomic mass is 10.1. The van der Waals surface area contributed by atoms with Crippen LogP contribution in [0.5, 0.6) is 0 Å². The van der Waals surface area contributed by atoms with Gasteiger partial charge in [-0.15, -0.1) is 0 Å². The molecule has 4 nitrogen and oxygen atoms in total. The van der Waals surface area contributed by atoms with E-state index in [2.05, 4.69) is 22.8 Å². The first-order valence-electron chi connectivity index (χ1n) is 8.42. The van der Waals surface area contributed by atoms with E-state index in [0.29, 0.717) is 12.1 Å². The molecule has 0 heterocycles. The van der Waals surface area contributed by atoms with Gasteiger partial charge in [0.25, 0.3) is 5.91 Å². The van der Waals surface area contributed by atoms with Crippen LogP contribution in [0.4, 0.5) is 5.69 Å². The Bertz CT molecular complexity index is 886. The molecule has 0 fully saturated rings. The van der Waals surface area contributed by atoms with Gasteiger partial charge in [0.1, 0.15) is 0 Å². The zero-order valence-electron chi connectivity index (χ0n) is 14.5. The number of nitrogens with one attached hydrogen (secondary N) is 2. The van der Waals surface area contributed by atoms with Crippen LogP contribution in [0.2, 0.25) is 0 Å². The molecule has 0 aromatic heterocycles. The first kappa shape index (κ1) is 17.4. The second-order valence-corrected chi connectivity index (χ2v) is 6.00. The number of amides is 2. The summed E-state index contributed by atoms with van der Waals surface area (Å²) >= 11 is 0. The molecule has 0 aliphatic carbocycles. The average Bonchev–Trinajstić information content (AvgIpc) is 2.68. The molecule has 0 unspecified atom stereocenters. The summed E-state index contributed by atoms with van der Waals surface area (Å²) in [7, 11) is 0. The monoisotopic (exact) mass is 344 g/mol. The van der Waals surface area contributed by atoms with E-state index in [-0.39, 0.29) is 11.8 Å². The van der Waals surface area contributed by atoms with Gasteiger partial charge in [-0.1, -0.05) is 54.6 Å². The smallest absolute Gasteiger partial charge is 0.255 e. The van der Waals surface area contributed by atoms with Crippen LogP contribution in [-0.4, -0.2) is 11.8 Å². The SMILES string of the molecule is CC(=O)NCc1ccc(C(=O)Nc2ccc(-c3ccccc3)cc2)cc1. The van der Waals surface area contributed by atoms with Crippen molar-refractivity contribution in [2.45, 2.75) is 13.5 Å². The molecule has 2 amide bonds. The van der Waals surface area contributed by atoms with Crippen LogP contribution in [-0.2, 0) is 11.3 Å². The zero-order valence-corrected chi connectivity index (χ0v) is 14.5. The molecule has 130 valence electrons. The third-order valence-electron chi connectivity index (χ3n) is 4.01. The van der Waals surface area contributed by atoms with Gasteiger partial charge in [-0.25, -0.2) is 0 Å². The molecule has 4 heteroatoms. The van der Waals surface area contributed by atoms with Crippen molar-refractivity contribution in [1.82, 2.24) is 5.32 Å². The second-order valence-electron chi connectivity index (χ2n) is 6.00. The van der Waals surface area contributed by atoms with Crippen LogP contribution in [0.15, 0.2) is 78.9 Å². The maximum atomic E-state index is 12.4. The molecule has 26 heavy (non-hydrogen) atoms. The van der Waals surface area contributed by atoms with Crippen molar-refractivity contribution < 1.29 is 9.59 Å². The summed E-state index contributed by atoms with van der Waals surface area (Å²) < 4.78 is 0. The summed E-state index contributed by atoms with van der Waals surface area (Å²) in [6, 6.07) is 25.0. The van der Waals surface area contributed by atoms with Gasteiger partial charge < -0.3 is 10.6 Å². The van der Waals surface area contributed by atoms with Crippen molar-refractivity contribution >= 4 is 17.5 Å². The molecule has 3 aromatic carbocycles. The van der Waals surface area contributed by atoms with Gasteiger partial charge in [-0.05, 0) is 41.0 Å². The Hall–Kier alpha value is -3.40. The number of benzene rings is 3. The summed E-state index contributed by atoms with van der Waals surface area (Å²) in [6.45, 7) is 1.93. The summed E-state index contributed by atoms with van der Waals surface area (Å²) in [5.41, 5.74) is 4.51. The van der Waals surface area contributed by atoms with E-state index in [1.807, 2.05) is 54.6 Å². The molecule has 0 radical (unpaired) electrons. The number of hydrogen-bond donors (Lipinski definition) is 2. The van der Waals surface area contributed by atoms with Gasteiger partial charge in [0.2, 0.25) is 5.91 Å². The predicted molar refractivity (Wildman–Crippen MR) is 104 cm³/mol. The number of anilines is 1. The number of hydrogen-bond acceptors (Lipinski definition) is 2. The van der Waals surface area contributed by atoms with Crippen LogP contribution in [0.25, 0.3) is 11.1 Å². The Morgan fingerprint density at radius 3 is 2.00 bits per heavy atom. The zero-order chi connectivity index (χ0) is 18.4. The molecule has 0 bridgehead atoms. The van der Waals surface area contributed by atoms with Crippen LogP contribution in [0.3, 0.4) is 0 Å². The van der Waals surface area contributed by atoms with Gasteiger partial charge in [0.05, 0.1) is 0 Å². The average molecular weight is 344 g/mol. The molecule has 0 spiro atoms. The van der Waals surface area contributed by atoms with E-state index in [0.717, 1.165) is 22.4 Å². The molecule has 0 atom stereocenters. The van der Waals surface area contributed by atoms with Crippen molar-refractivity contribution in [1.29, 1.82) is 0 Å². The lowest BCUT2D eigenvalue weighted by Crippen LogP contribution is -2.19. The second kappa shape index (κ2) is 8.12. The maximum absolute atomic E-state index is 12.4. The molecule has 0 aliphatic heterocycles. The van der Waals surface area contributed by atoms with Crippen molar-refractivity contribution in [3.63, 3.8) is 0 Å². The molecular weight excluding hydrogens is 324 g/mol. The first-order chi connectivity index (χ1) is 12.6. The maximum Gasteiger partial charge on any atom is 0.255 e. The fourth-order valence-corrected chi connectivity index (χ4v) is 2.58. The Morgan fingerprint density at radius 1 is 0.769 bits per heavy atom. The highest BCUT2D eigenvalue weighted by Crippen LogP contribution is 2.21. The minimum atomic E-state index is -0.163.